The molecule has 0 radical (unpaired) electrons. The molecule has 35 heavy (non-hydrogen) atoms. The Morgan fingerprint density at radius 2 is 1.80 bits per heavy atom. The molecule has 1 aliphatic heterocycles. The third-order valence-corrected chi connectivity index (χ3v) is 6.86. The van der Waals surface area contributed by atoms with Crippen LogP contribution < -0.4 is 24.8 Å². The van der Waals surface area contributed by atoms with Crippen LogP contribution in [0.2, 0.25) is 0 Å². The molecule has 0 unspecified atom stereocenters. The van der Waals surface area contributed by atoms with Crippen molar-refractivity contribution < 1.29 is 19.0 Å². The van der Waals surface area contributed by atoms with E-state index in [2.05, 4.69) is 18.2 Å². The minimum absolute atomic E-state index is 0.00429. The molecule has 1 saturated heterocycles. The van der Waals surface area contributed by atoms with E-state index in [0.29, 0.717) is 44.3 Å². The standard InChI is InChI=1S/C28H39N3O4/c1-33-25-13-12-24(19-27(25)35-17-4-7-21-8-9-21)31-16-5-15-30(28(31)32)20-23-11-10-22(6-3-14-29)18-26(23)34-2/h10-13,18-19,21H,3-9,14-17,20,29H2,1-2H3. The second-order valence-electron chi connectivity index (χ2n) is 9.52. The number of urea groups is 1. The lowest BCUT2D eigenvalue weighted by atomic mass is 10.1. The summed E-state index contributed by atoms with van der Waals surface area (Å²) in [6.07, 6.45) is 7.74. The first-order chi connectivity index (χ1) is 17.1. The van der Waals surface area contributed by atoms with E-state index in [4.69, 9.17) is 19.9 Å². The summed E-state index contributed by atoms with van der Waals surface area (Å²) < 4.78 is 17.2. The number of ether oxygens (including phenoxy) is 3. The van der Waals surface area contributed by atoms with Crippen LogP contribution in [-0.2, 0) is 13.0 Å². The molecule has 1 saturated carbocycles. The Balaban J connectivity index is 1.44. The van der Waals surface area contributed by atoms with Gasteiger partial charge in [-0.15, -0.1) is 0 Å². The van der Waals surface area contributed by atoms with Gasteiger partial charge >= 0.3 is 6.03 Å². The summed E-state index contributed by atoms with van der Waals surface area (Å²) in [6, 6.07) is 12.0. The molecule has 2 aliphatic rings. The van der Waals surface area contributed by atoms with Crippen LogP contribution in [0.25, 0.3) is 0 Å². The first kappa shape index (κ1) is 25.2. The number of carbonyl (C=O) groups is 1. The quantitative estimate of drug-likeness (QED) is 0.408. The number of benzene rings is 2. The molecule has 7 heteroatoms. The SMILES string of the molecule is COc1cc(CCCN)ccc1CN1CCCN(c2ccc(OC)c(OCCCC3CC3)c2)C1=O. The van der Waals surface area contributed by atoms with Crippen LogP contribution in [0.5, 0.6) is 17.2 Å². The first-order valence-corrected chi connectivity index (χ1v) is 12.9. The summed E-state index contributed by atoms with van der Waals surface area (Å²) in [7, 11) is 3.33. The third-order valence-electron chi connectivity index (χ3n) is 6.86. The number of carbonyl (C=O) groups excluding carboxylic acids is 1. The number of nitrogens with two attached hydrogens (primary N) is 1. The Morgan fingerprint density at radius 1 is 0.971 bits per heavy atom. The van der Waals surface area contributed by atoms with Gasteiger partial charge in [-0.3, -0.25) is 4.90 Å². The molecular weight excluding hydrogens is 442 g/mol. The molecule has 2 aromatic carbocycles. The van der Waals surface area contributed by atoms with Crippen molar-refractivity contribution in [2.24, 2.45) is 11.7 Å². The maximum absolute atomic E-state index is 13.5. The number of aryl methyl sites for hydroxylation is 1. The molecule has 0 aromatic heterocycles. The molecular formula is C28H39N3O4. The highest BCUT2D eigenvalue weighted by Gasteiger charge is 2.28. The van der Waals surface area contributed by atoms with Crippen molar-refractivity contribution in [3.8, 4) is 17.2 Å². The second kappa shape index (κ2) is 12.2. The maximum Gasteiger partial charge on any atom is 0.324 e. The van der Waals surface area contributed by atoms with Gasteiger partial charge in [-0.1, -0.05) is 25.0 Å². The normalized spacial score (nSPS) is 15.9. The van der Waals surface area contributed by atoms with Crippen LogP contribution in [0, 0.1) is 5.92 Å². The molecule has 2 fully saturated rings. The summed E-state index contributed by atoms with van der Waals surface area (Å²) in [5.74, 6) is 3.10. The van der Waals surface area contributed by atoms with Crippen LogP contribution in [0.1, 0.15) is 49.7 Å². The average Bonchev–Trinajstić information content (AvgIpc) is 3.71. The Labute approximate surface area is 209 Å². The minimum atomic E-state index is -0.00429. The number of methoxy groups -OCH3 is 2. The summed E-state index contributed by atoms with van der Waals surface area (Å²) >= 11 is 0. The Hall–Kier alpha value is -2.93. The second-order valence-corrected chi connectivity index (χ2v) is 9.52. The highest BCUT2D eigenvalue weighted by Crippen LogP contribution is 2.35. The predicted molar refractivity (Wildman–Crippen MR) is 139 cm³/mol. The number of hydrogen-bond acceptors (Lipinski definition) is 5. The van der Waals surface area contributed by atoms with E-state index in [0.717, 1.165) is 48.6 Å². The van der Waals surface area contributed by atoms with Crippen LogP contribution >= 0.6 is 0 Å². The summed E-state index contributed by atoms with van der Waals surface area (Å²) in [5, 5.41) is 0. The van der Waals surface area contributed by atoms with E-state index in [-0.39, 0.29) is 6.03 Å². The summed E-state index contributed by atoms with van der Waals surface area (Å²) in [6.45, 7) is 3.24. The molecule has 0 spiro atoms. The fraction of sp³-hybridized carbons (Fsp3) is 0.536. The van der Waals surface area contributed by atoms with E-state index in [1.165, 1.54) is 24.8 Å². The topological polar surface area (TPSA) is 77.3 Å². The lowest BCUT2D eigenvalue weighted by Gasteiger charge is -2.36. The zero-order valence-electron chi connectivity index (χ0n) is 21.1. The Morgan fingerprint density at radius 3 is 2.54 bits per heavy atom. The van der Waals surface area contributed by atoms with E-state index in [1.807, 2.05) is 28.0 Å². The average molecular weight is 482 g/mol. The van der Waals surface area contributed by atoms with Crippen LogP contribution in [0.3, 0.4) is 0 Å². The van der Waals surface area contributed by atoms with Crippen molar-refractivity contribution in [2.75, 3.05) is 45.4 Å². The van der Waals surface area contributed by atoms with Gasteiger partial charge < -0.3 is 24.8 Å². The van der Waals surface area contributed by atoms with Crippen molar-refractivity contribution in [3.05, 3.63) is 47.5 Å². The van der Waals surface area contributed by atoms with Gasteiger partial charge in [0, 0.05) is 30.4 Å². The molecule has 4 rings (SSSR count). The van der Waals surface area contributed by atoms with Gasteiger partial charge in [0.15, 0.2) is 11.5 Å². The molecule has 2 N–H and O–H groups in total. The monoisotopic (exact) mass is 481 g/mol. The molecule has 2 amide bonds. The highest BCUT2D eigenvalue weighted by atomic mass is 16.5. The van der Waals surface area contributed by atoms with Crippen LogP contribution in [-0.4, -0.2) is 51.4 Å². The van der Waals surface area contributed by atoms with Gasteiger partial charge in [0.1, 0.15) is 5.75 Å². The lowest BCUT2D eigenvalue weighted by molar-refractivity contribution is 0.191. The lowest BCUT2D eigenvalue weighted by Crippen LogP contribution is -2.49. The Kier molecular flexibility index (Phi) is 8.74. The van der Waals surface area contributed by atoms with Crippen molar-refractivity contribution >= 4 is 11.7 Å². The van der Waals surface area contributed by atoms with Crippen LogP contribution in [0.4, 0.5) is 10.5 Å². The minimum Gasteiger partial charge on any atom is -0.496 e. The smallest absolute Gasteiger partial charge is 0.324 e. The maximum atomic E-state index is 13.5. The molecule has 1 aliphatic carbocycles. The zero-order valence-corrected chi connectivity index (χ0v) is 21.1. The molecule has 1 heterocycles. The molecule has 7 nitrogen and oxygen atoms in total. The number of amides is 2. The fourth-order valence-electron chi connectivity index (χ4n) is 4.66. The van der Waals surface area contributed by atoms with Crippen molar-refractivity contribution in [1.82, 2.24) is 4.90 Å². The van der Waals surface area contributed by atoms with Gasteiger partial charge in [0.05, 0.1) is 27.4 Å². The summed E-state index contributed by atoms with van der Waals surface area (Å²) in [4.78, 5) is 17.2. The van der Waals surface area contributed by atoms with Gasteiger partial charge in [-0.25, -0.2) is 4.79 Å². The molecule has 0 bridgehead atoms. The number of anilines is 1. The van der Waals surface area contributed by atoms with Crippen molar-refractivity contribution in [3.63, 3.8) is 0 Å². The van der Waals surface area contributed by atoms with E-state index in [9.17, 15) is 4.79 Å². The van der Waals surface area contributed by atoms with Gasteiger partial charge in [0.2, 0.25) is 0 Å². The van der Waals surface area contributed by atoms with Gasteiger partial charge in [-0.2, -0.15) is 0 Å². The molecule has 190 valence electrons. The highest BCUT2D eigenvalue weighted by molar-refractivity contribution is 5.93. The van der Waals surface area contributed by atoms with E-state index in [1.54, 1.807) is 14.2 Å². The number of nitrogens with zero attached hydrogens (tertiary/aromatic N) is 2. The van der Waals surface area contributed by atoms with Gasteiger partial charge in [-0.05, 0) is 68.3 Å². The first-order valence-electron chi connectivity index (χ1n) is 12.9. The Bertz CT molecular complexity index is 992. The predicted octanol–water partition coefficient (Wildman–Crippen LogP) is 5.00. The number of hydrogen-bond donors (Lipinski definition) is 1. The van der Waals surface area contributed by atoms with Gasteiger partial charge in [0.25, 0.3) is 0 Å². The van der Waals surface area contributed by atoms with Crippen LogP contribution in [0.15, 0.2) is 36.4 Å². The summed E-state index contributed by atoms with van der Waals surface area (Å²) in [5.41, 5.74) is 8.69. The third kappa shape index (κ3) is 6.60. The van der Waals surface area contributed by atoms with Crippen molar-refractivity contribution in [1.29, 1.82) is 0 Å². The van der Waals surface area contributed by atoms with E-state index >= 15 is 0 Å². The molecule has 0 atom stereocenters. The van der Waals surface area contributed by atoms with Crippen molar-refractivity contribution in [2.45, 2.75) is 51.5 Å². The molecule has 2 aromatic rings. The fourth-order valence-corrected chi connectivity index (χ4v) is 4.66. The largest absolute Gasteiger partial charge is 0.496 e. The zero-order chi connectivity index (χ0) is 24.6. The number of rotatable bonds is 13. The van der Waals surface area contributed by atoms with E-state index < -0.39 is 0 Å².